The standard InChI is InChI=1S/C17H36/c1-16(2)14-12-10-8-6-7-9-11-13-15-17(3,4)5/h16H,6-15H2,1-5H3. The lowest BCUT2D eigenvalue weighted by Gasteiger charge is -2.17. The van der Waals surface area contributed by atoms with Crippen molar-refractivity contribution in [1.82, 2.24) is 0 Å². The lowest BCUT2D eigenvalue weighted by molar-refractivity contribution is 0.356. The molecule has 0 aromatic carbocycles. The van der Waals surface area contributed by atoms with Crippen molar-refractivity contribution in [3.05, 3.63) is 0 Å². The van der Waals surface area contributed by atoms with Crippen molar-refractivity contribution < 1.29 is 0 Å². The number of hydrogen-bond acceptors (Lipinski definition) is 0. The second kappa shape index (κ2) is 9.97. The van der Waals surface area contributed by atoms with Crippen LogP contribution in [0.3, 0.4) is 0 Å². The molecule has 0 amide bonds. The normalized spacial score (nSPS) is 12.4. The zero-order valence-electron chi connectivity index (χ0n) is 13.1. The maximum atomic E-state index is 2.35. The molecular formula is C17H36. The van der Waals surface area contributed by atoms with Gasteiger partial charge >= 0.3 is 0 Å². The Bertz CT molecular complexity index is 150. The third-order valence-corrected chi connectivity index (χ3v) is 3.46. The van der Waals surface area contributed by atoms with Crippen LogP contribution >= 0.6 is 0 Å². The van der Waals surface area contributed by atoms with Gasteiger partial charge in [-0.3, -0.25) is 0 Å². The molecule has 0 spiro atoms. The van der Waals surface area contributed by atoms with Gasteiger partial charge in [-0.25, -0.2) is 0 Å². The summed E-state index contributed by atoms with van der Waals surface area (Å²) < 4.78 is 0. The molecule has 0 atom stereocenters. The Morgan fingerprint density at radius 1 is 0.647 bits per heavy atom. The van der Waals surface area contributed by atoms with Crippen LogP contribution in [-0.4, -0.2) is 0 Å². The molecule has 0 unspecified atom stereocenters. The zero-order chi connectivity index (χ0) is 13.1. The first kappa shape index (κ1) is 17.0. The average Bonchev–Trinajstić information content (AvgIpc) is 2.18. The van der Waals surface area contributed by atoms with Gasteiger partial charge in [0.15, 0.2) is 0 Å². The first-order valence-corrected chi connectivity index (χ1v) is 7.92. The summed E-state index contributed by atoms with van der Waals surface area (Å²) in [5.41, 5.74) is 0.539. The van der Waals surface area contributed by atoms with E-state index >= 15 is 0 Å². The molecule has 0 aliphatic rings. The van der Waals surface area contributed by atoms with Crippen LogP contribution < -0.4 is 0 Å². The molecule has 0 saturated carbocycles. The van der Waals surface area contributed by atoms with Gasteiger partial charge in [-0.15, -0.1) is 0 Å². The molecule has 0 aliphatic heterocycles. The molecule has 104 valence electrons. The van der Waals surface area contributed by atoms with Gasteiger partial charge in [0.25, 0.3) is 0 Å². The van der Waals surface area contributed by atoms with Crippen LogP contribution in [0.1, 0.15) is 98.8 Å². The largest absolute Gasteiger partial charge is 0.0628 e. The Morgan fingerprint density at radius 3 is 1.47 bits per heavy atom. The fourth-order valence-corrected chi connectivity index (χ4v) is 2.27. The molecule has 0 aromatic rings. The third-order valence-electron chi connectivity index (χ3n) is 3.46. The number of rotatable bonds is 10. The van der Waals surface area contributed by atoms with Crippen molar-refractivity contribution in [2.75, 3.05) is 0 Å². The van der Waals surface area contributed by atoms with E-state index in [1.54, 1.807) is 0 Å². The summed E-state index contributed by atoms with van der Waals surface area (Å²) in [7, 11) is 0. The molecule has 0 N–H and O–H groups in total. The minimum absolute atomic E-state index is 0.539. The van der Waals surface area contributed by atoms with E-state index in [1.807, 2.05) is 0 Å². The van der Waals surface area contributed by atoms with Crippen LogP contribution in [-0.2, 0) is 0 Å². The predicted molar refractivity (Wildman–Crippen MR) is 80.5 cm³/mol. The van der Waals surface area contributed by atoms with Crippen LogP contribution in [0.4, 0.5) is 0 Å². The second-order valence-electron chi connectivity index (χ2n) is 7.32. The quantitative estimate of drug-likeness (QED) is 0.378. The maximum Gasteiger partial charge on any atom is -0.0383 e. The van der Waals surface area contributed by atoms with Gasteiger partial charge in [-0.1, -0.05) is 92.4 Å². The van der Waals surface area contributed by atoms with E-state index in [2.05, 4.69) is 34.6 Å². The summed E-state index contributed by atoms with van der Waals surface area (Å²) in [6.45, 7) is 11.7. The van der Waals surface area contributed by atoms with Gasteiger partial charge in [0.2, 0.25) is 0 Å². The van der Waals surface area contributed by atoms with E-state index in [4.69, 9.17) is 0 Å². The van der Waals surface area contributed by atoms with Gasteiger partial charge < -0.3 is 0 Å². The fourth-order valence-electron chi connectivity index (χ4n) is 2.27. The zero-order valence-corrected chi connectivity index (χ0v) is 13.1. The molecule has 17 heavy (non-hydrogen) atoms. The minimum Gasteiger partial charge on any atom is -0.0628 e. The van der Waals surface area contributed by atoms with E-state index in [0.717, 1.165) is 5.92 Å². The van der Waals surface area contributed by atoms with E-state index in [1.165, 1.54) is 64.2 Å². The van der Waals surface area contributed by atoms with E-state index in [0.29, 0.717) is 5.41 Å². The second-order valence-corrected chi connectivity index (χ2v) is 7.32. The first-order valence-electron chi connectivity index (χ1n) is 7.92. The predicted octanol–water partition coefficient (Wildman–Crippen LogP) is 6.59. The Hall–Kier alpha value is 0. The molecule has 0 heterocycles. The molecule has 0 saturated heterocycles. The maximum absolute atomic E-state index is 2.35. The lowest BCUT2D eigenvalue weighted by atomic mass is 9.89. The SMILES string of the molecule is CC(C)CCCCCCCCCCC(C)(C)C. The van der Waals surface area contributed by atoms with Crippen LogP contribution in [0.25, 0.3) is 0 Å². The summed E-state index contributed by atoms with van der Waals surface area (Å²) in [6, 6.07) is 0. The van der Waals surface area contributed by atoms with Crippen LogP contribution in [0, 0.1) is 11.3 Å². The van der Waals surface area contributed by atoms with Crippen molar-refractivity contribution in [2.24, 2.45) is 11.3 Å². The van der Waals surface area contributed by atoms with Gasteiger partial charge in [-0.05, 0) is 17.8 Å². The van der Waals surface area contributed by atoms with Crippen LogP contribution in [0.5, 0.6) is 0 Å². The summed E-state index contributed by atoms with van der Waals surface area (Å²) in [6.07, 6.45) is 14.4. The topological polar surface area (TPSA) is 0 Å². The smallest absolute Gasteiger partial charge is 0.0383 e. The van der Waals surface area contributed by atoms with E-state index in [9.17, 15) is 0 Å². The van der Waals surface area contributed by atoms with Crippen molar-refractivity contribution in [2.45, 2.75) is 98.8 Å². The van der Waals surface area contributed by atoms with Gasteiger partial charge in [0, 0.05) is 0 Å². The molecular weight excluding hydrogens is 204 g/mol. The Labute approximate surface area is 111 Å². The molecule has 0 radical (unpaired) electrons. The molecule has 0 rings (SSSR count). The van der Waals surface area contributed by atoms with Gasteiger partial charge in [0.1, 0.15) is 0 Å². The lowest BCUT2D eigenvalue weighted by Crippen LogP contribution is -2.03. The summed E-state index contributed by atoms with van der Waals surface area (Å²) in [5.74, 6) is 0.896. The fraction of sp³-hybridized carbons (Fsp3) is 1.00. The van der Waals surface area contributed by atoms with Crippen LogP contribution in [0.2, 0.25) is 0 Å². The van der Waals surface area contributed by atoms with Gasteiger partial charge in [-0.2, -0.15) is 0 Å². The molecule has 0 bridgehead atoms. The van der Waals surface area contributed by atoms with Crippen molar-refractivity contribution in [3.63, 3.8) is 0 Å². The Kier molecular flexibility index (Phi) is 9.97. The highest BCUT2D eigenvalue weighted by Crippen LogP contribution is 2.22. The van der Waals surface area contributed by atoms with Gasteiger partial charge in [0.05, 0.1) is 0 Å². The summed E-state index contributed by atoms with van der Waals surface area (Å²) >= 11 is 0. The molecule has 0 fully saturated rings. The van der Waals surface area contributed by atoms with Crippen molar-refractivity contribution >= 4 is 0 Å². The first-order chi connectivity index (χ1) is 7.92. The van der Waals surface area contributed by atoms with Crippen molar-refractivity contribution in [1.29, 1.82) is 0 Å². The van der Waals surface area contributed by atoms with E-state index < -0.39 is 0 Å². The monoisotopic (exact) mass is 240 g/mol. The molecule has 0 heteroatoms. The Morgan fingerprint density at radius 2 is 1.06 bits per heavy atom. The van der Waals surface area contributed by atoms with Crippen LogP contribution in [0.15, 0.2) is 0 Å². The highest BCUT2D eigenvalue weighted by Gasteiger charge is 2.08. The van der Waals surface area contributed by atoms with E-state index in [-0.39, 0.29) is 0 Å². The molecule has 0 aliphatic carbocycles. The summed E-state index contributed by atoms with van der Waals surface area (Å²) in [5, 5.41) is 0. The highest BCUT2D eigenvalue weighted by atomic mass is 14.1. The van der Waals surface area contributed by atoms with Crippen molar-refractivity contribution in [3.8, 4) is 0 Å². The Balaban J connectivity index is 3.04. The summed E-state index contributed by atoms with van der Waals surface area (Å²) in [4.78, 5) is 0. The number of hydrogen-bond donors (Lipinski definition) is 0. The highest BCUT2D eigenvalue weighted by molar-refractivity contribution is 4.61. The third kappa shape index (κ3) is 16.0. The average molecular weight is 240 g/mol. The molecule has 0 aromatic heterocycles. The molecule has 0 nitrogen and oxygen atoms in total. The minimum atomic E-state index is 0.539. The number of unbranched alkanes of at least 4 members (excludes halogenated alkanes) is 7.